The first-order valence-corrected chi connectivity index (χ1v) is 15.8. The van der Waals surface area contributed by atoms with Crippen LogP contribution in [0.3, 0.4) is 0 Å². The molecule has 0 aromatic rings. The lowest BCUT2D eigenvalue weighted by molar-refractivity contribution is -0.873. The van der Waals surface area contributed by atoms with Crippen LogP contribution in [0.4, 0.5) is 0 Å². The van der Waals surface area contributed by atoms with E-state index in [4.69, 9.17) is 9.05 Å². The minimum Gasteiger partial charge on any atom is -0.329 e. The van der Waals surface area contributed by atoms with Gasteiger partial charge in [-0.15, -0.1) is 0 Å². The van der Waals surface area contributed by atoms with Crippen LogP contribution in [0, 0.1) is 0 Å². The first-order valence-electron chi connectivity index (χ1n) is 14.3. The summed E-state index contributed by atoms with van der Waals surface area (Å²) in [6.07, 6.45) is 27.6. The van der Waals surface area contributed by atoms with Gasteiger partial charge in [-0.2, -0.15) is 0 Å². The molecule has 0 heterocycles. The van der Waals surface area contributed by atoms with E-state index in [1.54, 1.807) is 0 Å². The lowest BCUT2D eigenvalue weighted by Crippen LogP contribution is -2.41. The normalized spacial score (nSPS) is 15.1. The molecule has 2 atom stereocenters. The van der Waals surface area contributed by atoms with Crippen molar-refractivity contribution in [3.05, 3.63) is 12.2 Å². The third-order valence-corrected chi connectivity index (χ3v) is 7.16. The second-order valence-corrected chi connectivity index (χ2v) is 12.4. The smallest absolute Gasteiger partial charge is 0.329 e. The van der Waals surface area contributed by atoms with E-state index in [1.807, 2.05) is 28.1 Å². The second kappa shape index (κ2) is 22.0. The van der Waals surface area contributed by atoms with Crippen molar-refractivity contribution in [2.24, 2.45) is 0 Å². The average molecular weight is 505 g/mol. The molecule has 1 N–H and O–H groups in total. The Hall–Kier alpha value is -0.190. The molecule has 0 bridgehead atoms. The van der Waals surface area contributed by atoms with Crippen molar-refractivity contribution in [2.75, 3.05) is 34.3 Å². The molecular weight excluding hydrogens is 445 g/mol. The van der Waals surface area contributed by atoms with E-state index in [1.165, 1.54) is 103 Å². The van der Waals surface area contributed by atoms with Crippen LogP contribution < -0.4 is 0 Å². The Kier molecular flexibility index (Phi) is 21.9. The summed E-state index contributed by atoms with van der Waals surface area (Å²) in [4.78, 5) is 9.84. The first-order chi connectivity index (χ1) is 16.2. The lowest BCUT2D eigenvalue weighted by Gasteiger charge is -2.28. The maximum absolute atomic E-state index is 12.0. The number of hydrogen-bond donors (Lipinski definition) is 1. The Morgan fingerprint density at radius 1 is 0.735 bits per heavy atom. The van der Waals surface area contributed by atoms with Gasteiger partial charge in [0.25, 0.3) is 0 Å². The monoisotopic (exact) mass is 504 g/mol. The summed E-state index contributed by atoms with van der Waals surface area (Å²) in [5, 5.41) is 0. The zero-order valence-corrected chi connectivity index (χ0v) is 24.3. The molecular formula is C28H59NO4P+. The van der Waals surface area contributed by atoms with E-state index >= 15 is 0 Å². The van der Waals surface area contributed by atoms with Crippen molar-refractivity contribution in [1.29, 1.82) is 0 Å². The lowest BCUT2D eigenvalue weighted by atomic mass is 10.1. The predicted molar refractivity (Wildman–Crippen MR) is 147 cm³/mol. The number of rotatable bonds is 25. The fourth-order valence-corrected chi connectivity index (χ4v) is 5.24. The van der Waals surface area contributed by atoms with Crippen LogP contribution in [0.15, 0.2) is 12.2 Å². The minimum absolute atomic E-state index is 0.290. The fourth-order valence-electron chi connectivity index (χ4n) is 4.30. The molecule has 0 aromatic carbocycles. The van der Waals surface area contributed by atoms with Crippen LogP contribution in [-0.2, 0) is 13.6 Å². The van der Waals surface area contributed by atoms with Crippen molar-refractivity contribution >= 4 is 7.82 Å². The van der Waals surface area contributed by atoms with Gasteiger partial charge >= 0.3 is 7.82 Å². The number of phosphoric acid groups is 1. The Balaban J connectivity index is 3.38. The molecule has 0 aliphatic rings. The number of quaternary nitrogens is 1. The summed E-state index contributed by atoms with van der Waals surface area (Å²) in [6, 6.07) is 0. The fraction of sp³-hybridized carbons (Fsp3) is 0.929. The molecule has 0 rings (SSSR count). The van der Waals surface area contributed by atoms with Crippen LogP contribution in [-0.4, -0.2) is 49.8 Å². The number of nitrogens with zero attached hydrogens (tertiary/aromatic N) is 1. The topological polar surface area (TPSA) is 55.8 Å². The number of phosphoric ester groups is 1. The predicted octanol–water partition coefficient (Wildman–Crippen LogP) is 8.81. The van der Waals surface area contributed by atoms with E-state index in [9.17, 15) is 9.46 Å². The van der Waals surface area contributed by atoms with Gasteiger partial charge in [0.15, 0.2) is 0 Å². The molecule has 2 unspecified atom stereocenters. The van der Waals surface area contributed by atoms with Gasteiger partial charge in [0.2, 0.25) is 0 Å². The van der Waals surface area contributed by atoms with Crippen LogP contribution >= 0.6 is 7.82 Å². The Morgan fingerprint density at radius 2 is 1.15 bits per heavy atom. The number of hydrogen-bond acceptors (Lipinski definition) is 3. The molecule has 0 amide bonds. The van der Waals surface area contributed by atoms with Crippen LogP contribution in [0.25, 0.3) is 0 Å². The van der Waals surface area contributed by atoms with Crippen molar-refractivity contribution in [1.82, 2.24) is 0 Å². The molecule has 34 heavy (non-hydrogen) atoms. The van der Waals surface area contributed by atoms with Gasteiger partial charge < -0.3 is 9.38 Å². The summed E-state index contributed by atoms with van der Waals surface area (Å²) < 4.78 is 23.0. The Morgan fingerprint density at radius 3 is 1.59 bits per heavy atom. The molecule has 0 aliphatic carbocycles. The Bertz CT molecular complexity index is 519. The summed E-state index contributed by atoms with van der Waals surface area (Å²) in [6.45, 7) is 5.03. The molecule has 0 radical (unpaired) electrons. The highest BCUT2D eigenvalue weighted by molar-refractivity contribution is 7.47. The van der Waals surface area contributed by atoms with Crippen molar-refractivity contribution in [3.63, 3.8) is 0 Å². The van der Waals surface area contributed by atoms with E-state index < -0.39 is 7.82 Å². The molecule has 0 aromatic heterocycles. The van der Waals surface area contributed by atoms with E-state index in [0.29, 0.717) is 11.0 Å². The molecule has 0 spiro atoms. The standard InChI is InChI=1S/C28H58NO4P/c1-6-7-8-9-10-11-12-13-14-15-16-17-18-19-20-21-22-23-24-25-26-32-34(30,31)33-28(2)27-29(3,4)5/h13-14,28H,6-12,15-27H2,1-5H3/p+1/b14-13-. The summed E-state index contributed by atoms with van der Waals surface area (Å²) in [5.74, 6) is 0. The van der Waals surface area contributed by atoms with Gasteiger partial charge in [-0.05, 0) is 39.0 Å². The second-order valence-electron chi connectivity index (χ2n) is 11.0. The summed E-state index contributed by atoms with van der Waals surface area (Å²) in [7, 11) is 2.14. The SMILES string of the molecule is CCCCCCCC/C=C\CCCCCCCCCCCCOP(=O)(O)OC(C)C[N+](C)(C)C. The third-order valence-electron chi connectivity index (χ3n) is 6.03. The molecule has 0 aliphatic heterocycles. The van der Waals surface area contributed by atoms with Gasteiger partial charge in [-0.1, -0.05) is 103 Å². The van der Waals surface area contributed by atoms with E-state index in [-0.39, 0.29) is 12.7 Å². The summed E-state index contributed by atoms with van der Waals surface area (Å²) >= 11 is 0. The molecule has 204 valence electrons. The van der Waals surface area contributed by atoms with Gasteiger partial charge in [-0.25, -0.2) is 4.57 Å². The number of unbranched alkanes of at least 4 members (excludes halogenated alkanes) is 16. The number of allylic oxidation sites excluding steroid dienone is 2. The molecule has 0 fully saturated rings. The van der Waals surface area contributed by atoms with Gasteiger partial charge in [-0.3, -0.25) is 9.05 Å². The zero-order chi connectivity index (χ0) is 25.5. The van der Waals surface area contributed by atoms with Crippen molar-refractivity contribution in [3.8, 4) is 0 Å². The zero-order valence-electron chi connectivity index (χ0n) is 23.4. The average Bonchev–Trinajstić information content (AvgIpc) is 2.73. The van der Waals surface area contributed by atoms with Crippen LogP contribution in [0.2, 0.25) is 0 Å². The largest absolute Gasteiger partial charge is 0.472 e. The number of likely N-dealkylation sites (N-methyl/N-ethyl adjacent to an activating group) is 1. The molecule has 0 saturated heterocycles. The van der Waals surface area contributed by atoms with Crippen molar-refractivity contribution in [2.45, 2.75) is 136 Å². The quantitative estimate of drug-likeness (QED) is 0.0584. The minimum atomic E-state index is -3.94. The van der Waals surface area contributed by atoms with Crippen LogP contribution in [0.5, 0.6) is 0 Å². The highest BCUT2D eigenvalue weighted by atomic mass is 31.2. The highest BCUT2D eigenvalue weighted by Gasteiger charge is 2.27. The summed E-state index contributed by atoms with van der Waals surface area (Å²) in [5.41, 5.74) is 0. The molecule has 5 nitrogen and oxygen atoms in total. The first kappa shape index (κ1) is 33.8. The van der Waals surface area contributed by atoms with E-state index in [0.717, 1.165) is 12.8 Å². The Labute approximate surface area is 212 Å². The molecule has 6 heteroatoms. The van der Waals surface area contributed by atoms with Crippen LogP contribution in [0.1, 0.15) is 129 Å². The third kappa shape index (κ3) is 26.4. The maximum atomic E-state index is 12.0. The maximum Gasteiger partial charge on any atom is 0.472 e. The van der Waals surface area contributed by atoms with Crippen molar-refractivity contribution < 1.29 is 23.0 Å². The van der Waals surface area contributed by atoms with E-state index in [2.05, 4.69) is 19.1 Å². The highest BCUT2D eigenvalue weighted by Crippen LogP contribution is 2.44. The van der Waals surface area contributed by atoms with Gasteiger partial charge in [0, 0.05) is 0 Å². The molecule has 0 saturated carbocycles. The van der Waals surface area contributed by atoms with Gasteiger partial charge in [0.05, 0.1) is 27.7 Å². The van der Waals surface area contributed by atoms with Gasteiger partial charge in [0.1, 0.15) is 12.6 Å².